The SMILES string of the molecule is O=C(O)CCN1CCCc2cc(N=Nc3ccc(CC(O)O)cc3)ccc21. The quantitative estimate of drug-likeness (QED) is 0.513. The Morgan fingerprint density at radius 2 is 1.78 bits per heavy atom. The lowest BCUT2D eigenvalue weighted by atomic mass is 10.0. The number of carboxylic acid groups (broad SMARTS) is 1. The Balaban J connectivity index is 1.69. The summed E-state index contributed by atoms with van der Waals surface area (Å²) >= 11 is 0. The largest absolute Gasteiger partial charge is 0.481 e. The summed E-state index contributed by atoms with van der Waals surface area (Å²) in [5, 5.41) is 35.4. The minimum Gasteiger partial charge on any atom is -0.481 e. The van der Waals surface area contributed by atoms with Crippen molar-refractivity contribution in [3.63, 3.8) is 0 Å². The fourth-order valence-corrected chi connectivity index (χ4v) is 3.21. The van der Waals surface area contributed by atoms with E-state index in [9.17, 15) is 4.79 Å². The number of azo groups is 1. The van der Waals surface area contributed by atoms with E-state index in [1.165, 1.54) is 0 Å². The van der Waals surface area contributed by atoms with Gasteiger partial charge in [0.2, 0.25) is 0 Å². The molecule has 2 aromatic carbocycles. The molecule has 2 aromatic rings. The molecule has 0 aromatic heterocycles. The zero-order valence-electron chi connectivity index (χ0n) is 15.0. The fraction of sp³-hybridized carbons (Fsp3) is 0.350. The fourth-order valence-electron chi connectivity index (χ4n) is 3.21. The van der Waals surface area contributed by atoms with Crippen molar-refractivity contribution >= 4 is 23.0 Å². The molecule has 0 bridgehead atoms. The van der Waals surface area contributed by atoms with Gasteiger partial charge in [0, 0.05) is 25.2 Å². The van der Waals surface area contributed by atoms with Gasteiger partial charge in [-0.05, 0) is 54.3 Å². The summed E-state index contributed by atoms with van der Waals surface area (Å²) in [4.78, 5) is 12.9. The van der Waals surface area contributed by atoms with E-state index in [4.69, 9.17) is 15.3 Å². The molecule has 0 unspecified atom stereocenters. The Bertz CT molecular complexity index is 818. The highest BCUT2D eigenvalue weighted by Gasteiger charge is 2.17. The van der Waals surface area contributed by atoms with Crippen molar-refractivity contribution in [2.75, 3.05) is 18.0 Å². The number of aliphatic hydroxyl groups is 2. The van der Waals surface area contributed by atoms with Crippen molar-refractivity contribution in [2.24, 2.45) is 10.2 Å². The van der Waals surface area contributed by atoms with Crippen molar-refractivity contribution < 1.29 is 20.1 Å². The van der Waals surface area contributed by atoms with Gasteiger partial charge in [-0.2, -0.15) is 10.2 Å². The number of rotatable bonds is 7. The second-order valence-electron chi connectivity index (χ2n) is 6.60. The van der Waals surface area contributed by atoms with Gasteiger partial charge in [0.1, 0.15) is 0 Å². The van der Waals surface area contributed by atoms with E-state index in [0.29, 0.717) is 12.2 Å². The van der Waals surface area contributed by atoms with Gasteiger partial charge < -0.3 is 20.2 Å². The van der Waals surface area contributed by atoms with Crippen molar-refractivity contribution in [1.82, 2.24) is 0 Å². The highest BCUT2D eigenvalue weighted by atomic mass is 16.5. The number of carboxylic acids is 1. The first-order valence-corrected chi connectivity index (χ1v) is 8.98. The van der Waals surface area contributed by atoms with Gasteiger partial charge in [-0.1, -0.05) is 12.1 Å². The van der Waals surface area contributed by atoms with E-state index in [-0.39, 0.29) is 12.8 Å². The zero-order valence-corrected chi connectivity index (χ0v) is 15.0. The number of hydrogen-bond donors (Lipinski definition) is 3. The summed E-state index contributed by atoms with van der Waals surface area (Å²) in [5.74, 6) is -0.785. The molecule has 0 fully saturated rings. The molecular formula is C20H23N3O4. The van der Waals surface area contributed by atoms with Gasteiger partial charge in [0.05, 0.1) is 17.8 Å². The number of nitrogens with zero attached hydrogens (tertiary/aromatic N) is 3. The molecule has 0 saturated heterocycles. The van der Waals surface area contributed by atoms with Crippen LogP contribution < -0.4 is 4.90 Å². The third-order valence-corrected chi connectivity index (χ3v) is 4.51. The summed E-state index contributed by atoms with van der Waals surface area (Å²) < 4.78 is 0. The van der Waals surface area contributed by atoms with E-state index in [0.717, 1.165) is 41.9 Å². The summed E-state index contributed by atoms with van der Waals surface area (Å²) in [6.45, 7) is 1.38. The molecule has 27 heavy (non-hydrogen) atoms. The molecule has 7 nitrogen and oxygen atoms in total. The maximum Gasteiger partial charge on any atom is 0.305 e. The second-order valence-corrected chi connectivity index (χ2v) is 6.60. The van der Waals surface area contributed by atoms with E-state index in [1.54, 1.807) is 24.3 Å². The van der Waals surface area contributed by atoms with E-state index in [1.807, 2.05) is 18.2 Å². The molecule has 1 aliphatic rings. The van der Waals surface area contributed by atoms with Crippen molar-refractivity contribution in [3.8, 4) is 0 Å². The summed E-state index contributed by atoms with van der Waals surface area (Å²) in [6, 6.07) is 13.0. The first-order valence-electron chi connectivity index (χ1n) is 8.98. The molecule has 0 radical (unpaired) electrons. The van der Waals surface area contributed by atoms with Crippen molar-refractivity contribution in [1.29, 1.82) is 0 Å². The highest BCUT2D eigenvalue weighted by molar-refractivity contribution is 5.68. The summed E-state index contributed by atoms with van der Waals surface area (Å²) in [5.41, 5.74) is 4.50. The van der Waals surface area contributed by atoms with Crippen LogP contribution in [0.2, 0.25) is 0 Å². The van der Waals surface area contributed by atoms with Crippen LogP contribution in [0.4, 0.5) is 17.1 Å². The van der Waals surface area contributed by atoms with Gasteiger partial charge in [-0.15, -0.1) is 0 Å². The number of carbonyl (C=O) groups is 1. The normalized spacial score (nSPS) is 14.0. The second kappa shape index (κ2) is 8.75. The average molecular weight is 369 g/mol. The highest BCUT2D eigenvalue weighted by Crippen LogP contribution is 2.31. The Kier molecular flexibility index (Phi) is 6.16. The lowest BCUT2D eigenvalue weighted by molar-refractivity contribution is -0.136. The van der Waals surface area contributed by atoms with Crippen LogP contribution >= 0.6 is 0 Å². The topological polar surface area (TPSA) is 106 Å². The van der Waals surface area contributed by atoms with Crippen molar-refractivity contribution in [2.45, 2.75) is 32.0 Å². The smallest absolute Gasteiger partial charge is 0.305 e. The van der Waals surface area contributed by atoms with Crippen LogP contribution in [-0.2, 0) is 17.6 Å². The van der Waals surface area contributed by atoms with Crippen LogP contribution in [0.5, 0.6) is 0 Å². The number of aryl methyl sites for hydroxylation is 1. The zero-order chi connectivity index (χ0) is 19.2. The maximum atomic E-state index is 10.8. The monoisotopic (exact) mass is 369 g/mol. The Morgan fingerprint density at radius 1 is 1.07 bits per heavy atom. The number of benzene rings is 2. The molecule has 7 heteroatoms. The van der Waals surface area contributed by atoms with Gasteiger partial charge in [-0.25, -0.2) is 0 Å². The van der Waals surface area contributed by atoms with Gasteiger partial charge in [0.15, 0.2) is 6.29 Å². The van der Waals surface area contributed by atoms with Crippen molar-refractivity contribution in [3.05, 3.63) is 53.6 Å². The molecule has 0 amide bonds. The van der Waals surface area contributed by atoms with Gasteiger partial charge in [0.25, 0.3) is 0 Å². The van der Waals surface area contributed by atoms with E-state index < -0.39 is 12.3 Å². The molecule has 0 atom stereocenters. The Labute approximate surface area is 157 Å². The molecule has 3 rings (SSSR count). The minimum absolute atomic E-state index is 0.129. The van der Waals surface area contributed by atoms with Crippen LogP contribution in [0.15, 0.2) is 52.7 Å². The first-order chi connectivity index (χ1) is 13.0. The lowest BCUT2D eigenvalue weighted by Gasteiger charge is -2.31. The first kappa shape index (κ1) is 19.0. The predicted molar refractivity (Wildman–Crippen MR) is 102 cm³/mol. The number of fused-ring (bicyclic) bond motifs is 1. The maximum absolute atomic E-state index is 10.8. The number of anilines is 1. The lowest BCUT2D eigenvalue weighted by Crippen LogP contribution is -2.31. The molecule has 1 aliphatic heterocycles. The van der Waals surface area contributed by atoms with Crippen LogP contribution in [-0.4, -0.2) is 40.7 Å². The van der Waals surface area contributed by atoms with Gasteiger partial charge in [-0.3, -0.25) is 4.79 Å². The van der Waals surface area contributed by atoms with Crippen LogP contribution in [0.3, 0.4) is 0 Å². The standard InChI is InChI=1S/C20H23N3O4/c24-19(25)9-11-23-10-1-2-15-13-17(7-8-18(15)23)22-21-16-5-3-14(4-6-16)12-20(26)27/h3-8,13,20,26-27H,1-2,9-12H2,(H,24,25). The van der Waals surface area contributed by atoms with Crippen LogP contribution in [0.1, 0.15) is 24.0 Å². The number of aliphatic carboxylic acids is 1. The third kappa shape index (κ3) is 5.35. The Hall–Kier alpha value is -2.77. The van der Waals surface area contributed by atoms with E-state index >= 15 is 0 Å². The molecule has 3 N–H and O–H groups in total. The molecule has 1 heterocycles. The predicted octanol–water partition coefficient (Wildman–Crippen LogP) is 3.18. The van der Waals surface area contributed by atoms with E-state index in [2.05, 4.69) is 15.1 Å². The molecule has 0 spiro atoms. The summed E-state index contributed by atoms with van der Waals surface area (Å²) in [7, 11) is 0. The average Bonchev–Trinajstić information content (AvgIpc) is 2.65. The molecular weight excluding hydrogens is 346 g/mol. The van der Waals surface area contributed by atoms with Gasteiger partial charge >= 0.3 is 5.97 Å². The van der Waals surface area contributed by atoms with Crippen LogP contribution in [0, 0.1) is 0 Å². The summed E-state index contributed by atoms with van der Waals surface area (Å²) in [6.07, 6.45) is 0.888. The molecule has 0 aliphatic carbocycles. The minimum atomic E-state index is -1.36. The van der Waals surface area contributed by atoms with Crippen LogP contribution in [0.25, 0.3) is 0 Å². The Morgan fingerprint density at radius 3 is 2.48 bits per heavy atom. The molecule has 142 valence electrons. The number of aliphatic hydroxyl groups excluding tert-OH is 1. The molecule has 0 saturated carbocycles. The third-order valence-electron chi connectivity index (χ3n) is 4.51. The number of hydrogen-bond acceptors (Lipinski definition) is 6.